The Hall–Kier alpha value is -3.09. The summed E-state index contributed by atoms with van der Waals surface area (Å²) in [5.74, 6) is 1.95. The van der Waals surface area contributed by atoms with Crippen LogP contribution in [0, 0.1) is 20.8 Å². The van der Waals surface area contributed by atoms with Crippen molar-refractivity contribution < 1.29 is 14.1 Å². The number of rotatable bonds is 5. The summed E-state index contributed by atoms with van der Waals surface area (Å²) < 4.78 is 12.0. The van der Waals surface area contributed by atoms with E-state index in [0.29, 0.717) is 11.6 Å². The van der Waals surface area contributed by atoms with Gasteiger partial charge in [-0.25, -0.2) is 0 Å². The summed E-state index contributed by atoms with van der Waals surface area (Å²) in [4.78, 5) is 12.6. The average Bonchev–Trinajstić information content (AvgIpc) is 3.07. The first-order valence-electron chi connectivity index (χ1n) is 8.30. The summed E-state index contributed by atoms with van der Waals surface area (Å²) in [6.45, 7) is 5.55. The molecule has 0 bridgehead atoms. The van der Waals surface area contributed by atoms with Gasteiger partial charge in [0.25, 0.3) is 0 Å². The molecule has 1 amide bonds. The number of nitrogens with zero attached hydrogens (tertiary/aromatic N) is 3. The summed E-state index contributed by atoms with van der Waals surface area (Å²) in [5, 5.41) is 11.3. The number of anilines is 1. The third-order valence-electron chi connectivity index (χ3n) is 4.38. The number of amides is 1. The van der Waals surface area contributed by atoms with Gasteiger partial charge in [0.05, 0.1) is 24.9 Å². The molecule has 2 heterocycles. The summed E-state index contributed by atoms with van der Waals surface area (Å²) in [6.07, 6.45) is 0.202. The minimum atomic E-state index is -0.142. The van der Waals surface area contributed by atoms with Crippen molar-refractivity contribution in [3.05, 3.63) is 47.0 Å². The molecule has 0 aliphatic rings. The van der Waals surface area contributed by atoms with Crippen molar-refractivity contribution in [1.82, 2.24) is 14.9 Å². The Bertz CT molecular complexity index is 919. The van der Waals surface area contributed by atoms with E-state index >= 15 is 0 Å². The Labute approximate surface area is 151 Å². The molecule has 0 unspecified atom stereocenters. The third-order valence-corrected chi connectivity index (χ3v) is 4.38. The molecular formula is C19H22N4O3. The number of ether oxygens (including phenoxy) is 1. The second-order valence-electron chi connectivity index (χ2n) is 6.19. The van der Waals surface area contributed by atoms with E-state index in [1.54, 1.807) is 18.7 Å². The maximum Gasteiger partial charge on any atom is 0.230 e. The topological polar surface area (TPSA) is 82.2 Å². The Balaban J connectivity index is 1.89. The second-order valence-corrected chi connectivity index (χ2v) is 6.19. The number of nitrogens with one attached hydrogen (secondary N) is 1. The number of carbonyl (C=O) groups excluding carboxylic acids is 1. The second kappa shape index (κ2) is 7.03. The van der Waals surface area contributed by atoms with E-state index < -0.39 is 0 Å². The predicted octanol–water partition coefficient (Wildman–Crippen LogP) is 3.19. The number of carbonyl (C=O) groups is 1. The van der Waals surface area contributed by atoms with E-state index in [2.05, 4.69) is 15.6 Å². The van der Waals surface area contributed by atoms with Gasteiger partial charge in [-0.2, -0.15) is 5.10 Å². The molecule has 0 atom stereocenters. The zero-order chi connectivity index (χ0) is 18.8. The highest BCUT2D eigenvalue weighted by Gasteiger charge is 2.19. The van der Waals surface area contributed by atoms with Crippen LogP contribution < -0.4 is 10.1 Å². The predicted molar refractivity (Wildman–Crippen MR) is 98.2 cm³/mol. The Morgan fingerprint density at radius 3 is 2.46 bits per heavy atom. The molecule has 26 heavy (non-hydrogen) atoms. The van der Waals surface area contributed by atoms with Gasteiger partial charge in [-0.3, -0.25) is 9.48 Å². The van der Waals surface area contributed by atoms with Crippen LogP contribution in [0.15, 0.2) is 28.8 Å². The van der Waals surface area contributed by atoms with E-state index in [1.807, 2.05) is 45.2 Å². The molecule has 0 aliphatic heterocycles. The molecule has 0 saturated heterocycles. The molecule has 3 aromatic rings. The number of methoxy groups -OCH3 is 1. The maximum atomic E-state index is 12.6. The quantitative estimate of drug-likeness (QED) is 0.761. The van der Waals surface area contributed by atoms with Gasteiger partial charge in [-0.15, -0.1) is 0 Å². The maximum absolute atomic E-state index is 12.6. The molecule has 7 nitrogen and oxygen atoms in total. The van der Waals surface area contributed by atoms with Crippen molar-refractivity contribution in [1.29, 1.82) is 0 Å². The van der Waals surface area contributed by atoms with Crippen molar-refractivity contribution in [3.63, 3.8) is 0 Å². The van der Waals surface area contributed by atoms with Crippen LogP contribution in [0.5, 0.6) is 5.75 Å². The lowest BCUT2D eigenvalue weighted by atomic mass is 10.1. The molecule has 0 saturated carbocycles. The molecule has 136 valence electrons. The Morgan fingerprint density at radius 1 is 1.19 bits per heavy atom. The van der Waals surface area contributed by atoms with Gasteiger partial charge in [0.1, 0.15) is 17.3 Å². The highest BCUT2D eigenvalue weighted by molar-refractivity contribution is 5.96. The molecule has 0 spiro atoms. The molecule has 0 radical (unpaired) electrons. The van der Waals surface area contributed by atoms with E-state index in [-0.39, 0.29) is 12.3 Å². The molecule has 1 N–H and O–H groups in total. The van der Waals surface area contributed by atoms with Gasteiger partial charge in [-0.1, -0.05) is 17.3 Å². The fraction of sp³-hybridized carbons (Fsp3) is 0.316. The summed E-state index contributed by atoms with van der Waals surface area (Å²) in [7, 11) is 3.44. The minimum Gasteiger partial charge on any atom is -0.497 e. The van der Waals surface area contributed by atoms with Gasteiger partial charge < -0.3 is 14.6 Å². The van der Waals surface area contributed by atoms with E-state index in [1.165, 1.54) is 0 Å². The van der Waals surface area contributed by atoms with E-state index in [4.69, 9.17) is 9.26 Å². The fourth-order valence-corrected chi connectivity index (χ4v) is 3.00. The highest BCUT2D eigenvalue weighted by atomic mass is 16.5. The Kier molecular flexibility index (Phi) is 4.79. The lowest BCUT2D eigenvalue weighted by Gasteiger charge is -2.10. The largest absolute Gasteiger partial charge is 0.497 e. The molecule has 0 fully saturated rings. The van der Waals surface area contributed by atoms with Gasteiger partial charge in [0.15, 0.2) is 0 Å². The van der Waals surface area contributed by atoms with Gasteiger partial charge in [0.2, 0.25) is 5.91 Å². The molecular weight excluding hydrogens is 332 g/mol. The summed E-state index contributed by atoms with van der Waals surface area (Å²) >= 11 is 0. The number of hydrogen-bond donors (Lipinski definition) is 1. The molecule has 0 aliphatic carbocycles. The van der Waals surface area contributed by atoms with Crippen molar-refractivity contribution in [2.45, 2.75) is 27.2 Å². The summed E-state index contributed by atoms with van der Waals surface area (Å²) in [6, 6.07) is 7.67. The fourth-order valence-electron chi connectivity index (χ4n) is 3.00. The zero-order valence-electron chi connectivity index (χ0n) is 15.6. The molecule has 1 aromatic carbocycles. The van der Waals surface area contributed by atoms with Gasteiger partial charge in [-0.05, 0) is 38.5 Å². The lowest BCUT2D eigenvalue weighted by Crippen LogP contribution is -2.17. The number of hydrogen-bond acceptors (Lipinski definition) is 5. The van der Waals surface area contributed by atoms with Crippen LogP contribution in [-0.4, -0.2) is 28.0 Å². The van der Waals surface area contributed by atoms with Crippen molar-refractivity contribution >= 4 is 11.7 Å². The zero-order valence-corrected chi connectivity index (χ0v) is 15.6. The average molecular weight is 354 g/mol. The third kappa shape index (κ3) is 3.33. The van der Waals surface area contributed by atoms with Gasteiger partial charge >= 0.3 is 0 Å². The highest BCUT2D eigenvalue weighted by Crippen LogP contribution is 2.32. The monoisotopic (exact) mass is 354 g/mol. The first-order chi connectivity index (χ1) is 12.4. The van der Waals surface area contributed by atoms with Crippen LogP contribution in [0.1, 0.15) is 22.7 Å². The number of aryl methyl sites for hydroxylation is 4. The first kappa shape index (κ1) is 17.7. The van der Waals surface area contributed by atoms with Crippen molar-refractivity contribution in [2.75, 3.05) is 12.4 Å². The number of benzene rings is 1. The van der Waals surface area contributed by atoms with Crippen LogP contribution in [0.25, 0.3) is 11.1 Å². The van der Waals surface area contributed by atoms with Crippen LogP contribution in [0.3, 0.4) is 0 Å². The lowest BCUT2D eigenvalue weighted by molar-refractivity contribution is -0.115. The van der Waals surface area contributed by atoms with Crippen LogP contribution in [-0.2, 0) is 18.3 Å². The molecule has 2 aromatic heterocycles. The van der Waals surface area contributed by atoms with Crippen LogP contribution >= 0.6 is 0 Å². The number of aromatic nitrogens is 3. The van der Waals surface area contributed by atoms with Crippen molar-refractivity contribution in [3.8, 4) is 16.9 Å². The van der Waals surface area contributed by atoms with E-state index in [9.17, 15) is 4.79 Å². The minimum absolute atomic E-state index is 0.142. The molecule has 3 rings (SSSR count). The van der Waals surface area contributed by atoms with Crippen LogP contribution in [0.2, 0.25) is 0 Å². The van der Waals surface area contributed by atoms with Crippen LogP contribution in [0.4, 0.5) is 5.82 Å². The normalized spacial score (nSPS) is 10.8. The SMILES string of the molecule is COc1ccc(-c2c(C)nn(C)c2NC(=O)Cc2c(C)noc2C)cc1. The van der Waals surface area contributed by atoms with Gasteiger partial charge in [0, 0.05) is 18.2 Å². The van der Waals surface area contributed by atoms with E-state index in [0.717, 1.165) is 33.8 Å². The first-order valence-corrected chi connectivity index (χ1v) is 8.30. The smallest absolute Gasteiger partial charge is 0.230 e. The Morgan fingerprint density at radius 2 is 1.88 bits per heavy atom. The van der Waals surface area contributed by atoms with Crippen molar-refractivity contribution in [2.24, 2.45) is 7.05 Å². The molecule has 7 heteroatoms. The standard InChI is InChI=1S/C19H22N4O3/c1-11-16(13(3)26-22-11)10-17(24)20-19-18(12(2)21-23(19)4)14-6-8-15(25-5)9-7-14/h6-9H,10H2,1-5H3,(H,20,24). The summed E-state index contributed by atoms with van der Waals surface area (Å²) in [5.41, 5.74) is 4.23.